The van der Waals surface area contributed by atoms with Crippen LogP contribution in [0.15, 0.2) is 66.9 Å². The van der Waals surface area contributed by atoms with Crippen molar-refractivity contribution in [1.29, 1.82) is 0 Å². The Morgan fingerprint density at radius 1 is 1.12 bits per heavy atom. The van der Waals surface area contributed by atoms with E-state index in [4.69, 9.17) is 0 Å². The molecule has 126 valence electrons. The molecule has 0 saturated carbocycles. The average molecular weight is 331 g/mol. The van der Waals surface area contributed by atoms with Crippen LogP contribution >= 0.6 is 0 Å². The highest BCUT2D eigenvalue weighted by Crippen LogP contribution is 2.38. The van der Waals surface area contributed by atoms with Crippen molar-refractivity contribution in [2.45, 2.75) is 31.8 Å². The number of benzene rings is 2. The standard InChI is InChI=1S/C21H21N3O/c1-15(25)19-14-22-24-18(12-16-8-4-2-5-9-16)13-20(23-21(19)24)17-10-6-3-7-11-17/h2-11,14,18,20,23H,12-13H2,1H3. The number of Topliss-reactive ketones (excluding diaryl/α,β-unsaturated/α-hetero) is 1. The van der Waals surface area contributed by atoms with Gasteiger partial charge in [-0.15, -0.1) is 0 Å². The number of rotatable bonds is 4. The summed E-state index contributed by atoms with van der Waals surface area (Å²) in [6.45, 7) is 1.60. The molecular formula is C21H21N3O. The Morgan fingerprint density at radius 2 is 1.80 bits per heavy atom. The first kappa shape index (κ1) is 15.6. The van der Waals surface area contributed by atoms with Gasteiger partial charge in [0.15, 0.2) is 5.78 Å². The van der Waals surface area contributed by atoms with Gasteiger partial charge in [0.2, 0.25) is 0 Å². The lowest BCUT2D eigenvalue weighted by Crippen LogP contribution is -2.29. The normalized spacial score (nSPS) is 19.1. The number of carbonyl (C=O) groups excluding carboxylic acids is 1. The molecular weight excluding hydrogens is 310 g/mol. The highest BCUT2D eigenvalue weighted by atomic mass is 16.1. The Bertz CT molecular complexity index is 871. The molecule has 0 amide bonds. The van der Waals surface area contributed by atoms with E-state index in [1.54, 1.807) is 13.1 Å². The minimum absolute atomic E-state index is 0.0425. The molecule has 4 rings (SSSR count). The van der Waals surface area contributed by atoms with Gasteiger partial charge in [-0.25, -0.2) is 4.68 Å². The molecule has 2 atom stereocenters. The predicted octanol–water partition coefficient (Wildman–Crippen LogP) is 4.43. The number of hydrogen-bond acceptors (Lipinski definition) is 3. The molecule has 0 radical (unpaired) electrons. The fraction of sp³-hybridized carbons (Fsp3) is 0.238. The highest BCUT2D eigenvalue weighted by molar-refractivity contribution is 5.98. The minimum atomic E-state index is 0.0425. The van der Waals surface area contributed by atoms with Crippen LogP contribution in [-0.4, -0.2) is 15.6 Å². The fourth-order valence-electron chi connectivity index (χ4n) is 3.60. The predicted molar refractivity (Wildman–Crippen MR) is 98.8 cm³/mol. The summed E-state index contributed by atoms with van der Waals surface area (Å²) in [5, 5.41) is 8.06. The zero-order valence-corrected chi connectivity index (χ0v) is 14.2. The number of nitrogens with one attached hydrogen (secondary N) is 1. The maximum atomic E-state index is 12.0. The van der Waals surface area contributed by atoms with Gasteiger partial charge in [0.1, 0.15) is 5.82 Å². The van der Waals surface area contributed by atoms with Gasteiger partial charge in [-0.05, 0) is 30.9 Å². The number of aromatic nitrogens is 2. The molecule has 0 aliphatic carbocycles. The van der Waals surface area contributed by atoms with E-state index in [1.165, 1.54) is 11.1 Å². The van der Waals surface area contributed by atoms with E-state index >= 15 is 0 Å². The summed E-state index contributed by atoms with van der Waals surface area (Å²) in [7, 11) is 0. The van der Waals surface area contributed by atoms with Crippen LogP contribution in [0.1, 0.15) is 46.9 Å². The molecule has 4 nitrogen and oxygen atoms in total. The third kappa shape index (κ3) is 3.07. The molecule has 0 saturated heterocycles. The van der Waals surface area contributed by atoms with Crippen LogP contribution in [0.5, 0.6) is 0 Å². The van der Waals surface area contributed by atoms with Gasteiger partial charge < -0.3 is 5.32 Å². The van der Waals surface area contributed by atoms with Crippen molar-refractivity contribution >= 4 is 11.6 Å². The second-order valence-electron chi connectivity index (χ2n) is 6.59. The van der Waals surface area contributed by atoms with Crippen LogP contribution in [0.2, 0.25) is 0 Å². The molecule has 1 aliphatic rings. The summed E-state index contributed by atoms with van der Waals surface area (Å²) >= 11 is 0. The molecule has 3 aromatic rings. The van der Waals surface area contributed by atoms with Crippen LogP contribution in [0.3, 0.4) is 0 Å². The highest BCUT2D eigenvalue weighted by Gasteiger charge is 2.30. The third-order valence-corrected chi connectivity index (χ3v) is 4.86. The number of anilines is 1. The number of fused-ring (bicyclic) bond motifs is 1. The number of ketones is 1. The Balaban J connectivity index is 1.72. The smallest absolute Gasteiger partial charge is 0.165 e. The first-order valence-corrected chi connectivity index (χ1v) is 8.66. The quantitative estimate of drug-likeness (QED) is 0.720. The van der Waals surface area contributed by atoms with Crippen LogP contribution < -0.4 is 5.32 Å². The van der Waals surface area contributed by atoms with E-state index < -0.39 is 0 Å². The Labute approximate surface area is 147 Å². The van der Waals surface area contributed by atoms with Crippen LogP contribution in [0, 0.1) is 0 Å². The van der Waals surface area contributed by atoms with Gasteiger partial charge in [-0.1, -0.05) is 60.7 Å². The summed E-state index contributed by atoms with van der Waals surface area (Å²) < 4.78 is 1.99. The lowest BCUT2D eigenvalue weighted by Gasteiger charge is -2.33. The van der Waals surface area contributed by atoms with Gasteiger partial charge in [-0.3, -0.25) is 4.79 Å². The molecule has 1 aliphatic heterocycles. The molecule has 1 aromatic heterocycles. The van der Waals surface area contributed by atoms with E-state index in [1.807, 2.05) is 16.8 Å². The Kier molecular flexibility index (Phi) is 4.10. The zero-order chi connectivity index (χ0) is 17.2. The van der Waals surface area contributed by atoms with Crippen molar-refractivity contribution in [2.24, 2.45) is 0 Å². The van der Waals surface area contributed by atoms with Gasteiger partial charge in [-0.2, -0.15) is 5.10 Å². The SMILES string of the molecule is CC(=O)c1cnn2c1NC(c1ccccc1)CC2Cc1ccccc1. The summed E-state index contributed by atoms with van der Waals surface area (Å²) in [6.07, 6.45) is 3.53. The largest absolute Gasteiger partial charge is 0.363 e. The lowest BCUT2D eigenvalue weighted by molar-refractivity contribution is 0.101. The summed E-state index contributed by atoms with van der Waals surface area (Å²) in [5.74, 6) is 0.884. The molecule has 0 spiro atoms. The molecule has 1 N–H and O–H groups in total. The zero-order valence-electron chi connectivity index (χ0n) is 14.2. The maximum Gasteiger partial charge on any atom is 0.165 e. The summed E-state index contributed by atoms with van der Waals surface area (Å²) in [5.41, 5.74) is 3.19. The number of hydrogen-bond donors (Lipinski definition) is 1. The topological polar surface area (TPSA) is 46.9 Å². The molecule has 2 aromatic carbocycles. The van der Waals surface area contributed by atoms with Gasteiger partial charge >= 0.3 is 0 Å². The average Bonchev–Trinajstić information content (AvgIpc) is 3.08. The lowest BCUT2D eigenvalue weighted by atomic mass is 9.93. The molecule has 2 unspecified atom stereocenters. The first-order valence-electron chi connectivity index (χ1n) is 8.66. The molecule has 4 heteroatoms. The van der Waals surface area contributed by atoms with E-state index in [0.29, 0.717) is 5.56 Å². The molecule has 25 heavy (non-hydrogen) atoms. The number of nitrogens with zero attached hydrogens (tertiary/aromatic N) is 2. The first-order chi connectivity index (χ1) is 12.2. The van der Waals surface area contributed by atoms with Crippen LogP contribution in [0.25, 0.3) is 0 Å². The van der Waals surface area contributed by atoms with Crippen molar-refractivity contribution in [3.63, 3.8) is 0 Å². The van der Waals surface area contributed by atoms with E-state index in [9.17, 15) is 4.79 Å². The number of carbonyl (C=O) groups is 1. The molecule has 0 bridgehead atoms. The summed E-state index contributed by atoms with van der Waals surface area (Å²) in [6, 6.07) is 21.3. The van der Waals surface area contributed by atoms with Crippen molar-refractivity contribution in [3.8, 4) is 0 Å². The minimum Gasteiger partial charge on any atom is -0.363 e. The van der Waals surface area contributed by atoms with Crippen molar-refractivity contribution in [1.82, 2.24) is 9.78 Å². The Morgan fingerprint density at radius 3 is 2.48 bits per heavy atom. The van der Waals surface area contributed by atoms with E-state index in [0.717, 1.165) is 18.7 Å². The van der Waals surface area contributed by atoms with Gasteiger partial charge in [0.25, 0.3) is 0 Å². The van der Waals surface area contributed by atoms with E-state index in [2.05, 4.69) is 58.9 Å². The van der Waals surface area contributed by atoms with Crippen molar-refractivity contribution < 1.29 is 4.79 Å². The second kappa shape index (κ2) is 6.55. The van der Waals surface area contributed by atoms with Crippen molar-refractivity contribution in [3.05, 3.63) is 83.6 Å². The van der Waals surface area contributed by atoms with Crippen molar-refractivity contribution in [2.75, 3.05) is 5.32 Å². The van der Waals surface area contributed by atoms with Crippen LogP contribution in [-0.2, 0) is 6.42 Å². The maximum absolute atomic E-state index is 12.0. The van der Waals surface area contributed by atoms with Gasteiger partial charge in [0.05, 0.1) is 23.8 Å². The Hall–Kier alpha value is -2.88. The van der Waals surface area contributed by atoms with Gasteiger partial charge in [0, 0.05) is 0 Å². The van der Waals surface area contributed by atoms with Crippen LogP contribution in [0.4, 0.5) is 5.82 Å². The molecule has 0 fully saturated rings. The third-order valence-electron chi connectivity index (χ3n) is 4.86. The molecule has 2 heterocycles. The monoisotopic (exact) mass is 331 g/mol. The van der Waals surface area contributed by atoms with E-state index in [-0.39, 0.29) is 17.9 Å². The second-order valence-corrected chi connectivity index (χ2v) is 6.59. The summed E-state index contributed by atoms with van der Waals surface area (Å²) in [4.78, 5) is 12.0. The fourth-order valence-corrected chi connectivity index (χ4v) is 3.60.